The van der Waals surface area contributed by atoms with Gasteiger partial charge in [0.15, 0.2) is 5.82 Å². The minimum Gasteiger partial charge on any atom is -0.334 e. The number of aromatic nitrogens is 2. The Kier molecular flexibility index (Phi) is 3.34. The van der Waals surface area contributed by atoms with Gasteiger partial charge in [0.2, 0.25) is 0 Å². The Labute approximate surface area is 125 Å². The second-order valence-corrected chi connectivity index (χ2v) is 6.36. The lowest BCUT2D eigenvalue weighted by Gasteiger charge is -2.17. The number of nitrogens with zero attached hydrogens (tertiary/aromatic N) is 2. The molecule has 1 aromatic heterocycles. The first kappa shape index (κ1) is 13.1. The molecule has 1 saturated carbocycles. The molecule has 0 unspecified atom stereocenters. The molecule has 1 aliphatic rings. The largest absolute Gasteiger partial charge is 0.334 e. The minimum absolute atomic E-state index is 0.391. The molecule has 0 spiro atoms. The summed E-state index contributed by atoms with van der Waals surface area (Å²) in [6.07, 6.45) is 4.17. The van der Waals surface area contributed by atoms with Gasteiger partial charge < -0.3 is 10.3 Å². The van der Waals surface area contributed by atoms with Gasteiger partial charge in [0, 0.05) is 9.13 Å². The molecular weight excluding hydrogens is 353 g/mol. The van der Waals surface area contributed by atoms with Gasteiger partial charge in [0.1, 0.15) is 0 Å². The van der Waals surface area contributed by atoms with Gasteiger partial charge in [-0.15, -0.1) is 0 Å². The van der Waals surface area contributed by atoms with Crippen LogP contribution in [0.3, 0.4) is 0 Å². The zero-order chi connectivity index (χ0) is 13.5. The number of rotatable bonds is 2. The summed E-state index contributed by atoms with van der Waals surface area (Å²) >= 11 is 2.31. The number of hydrogen-bond acceptors (Lipinski definition) is 4. The van der Waals surface area contributed by atoms with E-state index in [9.17, 15) is 0 Å². The first-order valence-electron chi connectivity index (χ1n) is 6.49. The Morgan fingerprint density at radius 3 is 2.79 bits per heavy atom. The SMILES string of the molecule is Cc1c(I)cccc1-c1nc(C2(N)CCCC2)no1. The summed E-state index contributed by atoms with van der Waals surface area (Å²) in [7, 11) is 0. The number of benzene rings is 1. The van der Waals surface area contributed by atoms with Gasteiger partial charge in [-0.1, -0.05) is 24.1 Å². The quantitative estimate of drug-likeness (QED) is 0.825. The highest BCUT2D eigenvalue weighted by Crippen LogP contribution is 2.36. The van der Waals surface area contributed by atoms with Crippen LogP contribution in [0.5, 0.6) is 0 Å². The standard InChI is InChI=1S/C14H16IN3O/c1-9-10(5-4-6-11(9)15)12-17-13(18-19-12)14(16)7-2-3-8-14/h4-6H,2-3,7-8,16H2,1H3. The predicted molar refractivity (Wildman–Crippen MR) is 81.5 cm³/mol. The monoisotopic (exact) mass is 369 g/mol. The fourth-order valence-corrected chi connectivity index (χ4v) is 3.10. The summed E-state index contributed by atoms with van der Waals surface area (Å²) in [5.74, 6) is 1.22. The first-order chi connectivity index (χ1) is 9.10. The highest BCUT2D eigenvalue weighted by Gasteiger charge is 2.36. The maximum absolute atomic E-state index is 6.35. The molecule has 0 saturated heterocycles. The Morgan fingerprint density at radius 2 is 2.05 bits per heavy atom. The summed E-state index contributed by atoms with van der Waals surface area (Å²) < 4.78 is 6.61. The van der Waals surface area contributed by atoms with E-state index in [0.717, 1.165) is 36.8 Å². The van der Waals surface area contributed by atoms with Crippen LogP contribution in [0, 0.1) is 10.5 Å². The molecule has 19 heavy (non-hydrogen) atoms. The van der Waals surface area contributed by atoms with Crippen molar-refractivity contribution in [1.82, 2.24) is 10.1 Å². The second-order valence-electron chi connectivity index (χ2n) is 5.20. The maximum Gasteiger partial charge on any atom is 0.258 e. The van der Waals surface area contributed by atoms with E-state index in [4.69, 9.17) is 10.3 Å². The molecule has 3 rings (SSSR count). The Hall–Kier alpha value is -0.950. The number of nitrogens with two attached hydrogens (primary N) is 1. The molecule has 0 amide bonds. The Bertz CT molecular complexity index is 602. The number of halogens is 1. The van der Waals surface area contributed by atoms with Gasteiger partial charge in [0.25, 0.3) is 5.89 Å². The van der Waals surface area contributed by atoms with Crippen LogP contribution in [0.1, 0.15) is 37.1 Å². The van der Waals surface area contributed by atoms with Gasteiger partial charge in [-0.3, -0.25) is 0 Å². The average Bonchev–Trinajstić information content (AvgIpc) is 3.02. The zero-order valence-electron chi connectivity index (χ0n) is 10.8. The molecular formula is C14H16IN3O. The van der Waals surface area contributed by atoms with Gasteiger partial charge in [-0.05, 0) is 60.1 Å². The average molecular weight is 369 g/mol. The van der Waals surface area contributed by atoms with Crippen molar-refractivity contribution in [3.8, 4) is 11.5 Å². The molecule has 2 aromatic rings. The zero-order valence-corrected chi connectivity index (χ0v) is 13.0. The highest BCUT2D eigenvalue weighted by molar-refractivity contribution is 14.1. The third-order valence-electron chi connectivity index (χ3n) is 3.87. The third kappa shape index (κ3) is 2.29. The van der Waals surface area contributed by atoms with Crippen LogP contribution >= 0.6 is 22.6 Å². The molecule has 0 bridgehead atoms. The van der Waals surface area contributed by atoms with Crippen LogP contribution in [0.4, 0.5) is 0 Å². The van der Waals surface area contributed by atoms with Crippen LogP contribution in [0.15, 0.2) is 22.7 Å². The van der Waals surface area contributed by atoms with E-state index in [1.54, 1.807) is 0 Å². The first-order valence-corrected chi connectivity index (χ1v) is 7.57. The Morgan fingerprint density at radius 1 is 1.32 bits per heavy atom. The lowest BCUT2D eigenvalue weighted by Crippen LogP contribution is -2.34. The molecule has 1 aliphatic carbocycles. The van der Waals surface area contributed by atoms with Gasteiger partial charge in [-0.2, -0.15) is 4.98 Å². The van der Waals surface area contributed by atoms with E-state index >= 15 is 0 Å². The van der Waals surface area contributed by atoms with E-state index in [1.807, 2.05) is 12.1 Å². The number of hydrogen-bond donors (Lipinski definition) is 1. The van der Waals surface area contributed by atoms with Crippen LogP contribution in [0.25, 0.3) is 11.5 Å². The van der Waals surface area contributed by atoms with E-state index < -0.39 is 5.54 Å². The van der Waals surface area contributed by atoms with Crippen molar-refractivity contribution in [3.63, 3.8) is 0 Å². The van der Waals surface area contributed by atoms with Crippen molar-refractivity contribution >= 4 is 22.6 Å². The van der Waals surface area contributed by atoms with E-state index in [1.165, 1.54) is 3.57 Å². The van der Waals surface area contributed by atoms with Gasteiger partial charge >= 0.3 is 0 Å². The summed E-state index contributed by atoms with van der Waals surface area (Å²) in [6.45, 7) is 2.06. The molecule has 100 valence electrons. The summed E-state index contributed by atoms with van der Waals surface area (Å²) in [6, 6.07) is 6.08. The van der Waals surface area contributed by atoms with Crippen molar-refractivity contribution in [2.24, 2.45) is 5.73 Å². The van der Waals surface area contributed by atoms with Crippen LogP contribution in [-0.4, -0.2) is 10.1 Å². The van der Waals surface area contributed by atoms with Gasteiger partial charge in [-0.25, -0.2) is 0 Å². The third-order valence-corrected chi connectivity index (χ3v) is 5.03. The van der Waals surface area contributed by atoms with E-state index in [0.29, 0.717) is 11.7 Å². The normalized spacial score (nSPS) is 17.8. The highest BCUT2D eigenvalue weighted by atomic mass is 127. The van der Waals surface area contributed by atoms with Crippen molar-refractivity contribution in [1.29, 1.82) is 0 Å². The fourth-order valence-electron chi connectivity index (χ4n) is 2.60. The lowest BCUT2D eigenvalue weighted by molar-refractivity contribution is 0.372. The van der Waals surface area contributed by atoms with E-state index in [-0.39, 0.29) is 0 Å². The Balaban J connectivity index is 1.99. The topological polar surface area (TPSA) is 64.9 Å². The fraction of sp³-hybridized carbons (Fsp3) is 0.429. The van der Waals surface area contributed by atoms with E-state index in [2.05, 4.69) is 45.7 Å². The lowest BCUT2D eigenvalue weighted by atomic mass is 9.98. The van der Waals surface area contributed by atoms with Crippen LogP contribution in [-0.2, 0) is 5.54 Å². The molecule has 1 fully saturated rings. The molecule has 2 N–H and O–H groups in total. The van der Waals surface area contributed by atoms with Crippen molar-refractivity contribution in [2.45, 2.75) is 38.1 Å². The van der Waals surface area contributed by atoms with Crippen molar-refractivity contribution < 1.29 is 4.52 Å². The molecule has 1 aromatic carbocycles. The summed E-state index contributed by atoms with van der Waals surface area (Å²) in [4.78, 5) is 4.53. The molecule has 0 atom stereocenters. The molecule has 5 heteroatoms. The van der Waals surface area contributed by atoms with Crippen LogP contribution < -0.4 is 5.73 Å². The van der Waals surface area contributed by atoms with Crippen LogP contribution in [0.2, 0.25) is 0 Å². The molecule has 1 heterocycles. The molecule has 0 radical (unpaired) electrons. The molecule has 4 nitrogen and oxygen atoms in total. The van der Waals surface area contributed by atoms with Gasteiger partial charge in [0.05, 0.1) is 5.54 Å². The van der Waals surface area contributed by atoms with Crippen molar-refractivity contribution in [3.05, 3.63) is 33.2 Å². The second kappa shape index (κ2) is 4.86. The summed E-state index contributed by atoms with van der Waals surface area (Å²) in [5, 5.41) is 4.10. The minimum atomic E-state index is -0.391. The van der Waals surface area contributed by atoms with Crippen molar-refractivity contribution in [2.75, 3.05) is 0 Å². The predicted octanol–water partition coefficient (Wildman–Crippen LogP) is 3.38. The smallest absolute Gasteiger partial charge is 0.258 e. The summed E-state index contributed by atoms with van der Waals surface area (Å²) in [5.41, 5.74) is 8.12. The molecule has 0 aliphatic heterocycles. The maximum atomic E-state index is 6.35.